The van der Waals surface area contributed by atoms with Gasteiger partial charge in [-0.05, 0) is 46.1 Å². The van der Waals surface area contributed by atoms with Gasteiger partial charge in [-0.25, -0.2) is 4.98 Å². The zero-order valence-corrected chi connectivity index (χ0v) is 14.8. The van der Waals surface area contributed by atoms with E-state index < -0.39 is 0 Å². The van der Waals surface area contributed by atoms with Gasteiger partial charge in [0.05, 0.1) is 6.54 Å². The van der Waals surface area contributed by atoms with E-state index in [1.807, 2.05) is 11.4 Å². The number of piperidine rings is 1. The number of hydrogen-bond donors (Lipinski definition) is 0. The summed E-state index contributed by atoms with van der Waals surface area (Å²) < 4.78 is 1.91. The number of aryl methyl sites for hydroxylation is 1. The van der Waals surface area contributed by atoms with E-state index in [-0.39, 0.29) is 0 Å². The lowest BCUT2D eigenvalue weighted by atomic mass is 10.0. The maximum atomic E-state index is 4.75. The minimum atomic E-state index is 0.715. The van der Waals surface area contributed by atoms with Crippen LogP contribution >= 0.6 is 0 Å². The first-order valence-corrected chi connectivity index (χ1v) is 8.81. The molecule has 3 rings (SSSR count). The van der Waals surface area contributed by atoms with Crippen LogP contribution in [0, 0.1) is 12.8 Å². The Morgan fingerprint density at radius 3 is 2.74 bits per heavy atom. The molecule has 1 atom stereocenters. The number of anilines is 1. The molecule has 0 aromatic carbocycles. The summed E-state index contributed by atoms with van der Waals surface area (Å²) in [5.41, 5.74) is 0.991. The molecule has 1 saturated heterocycles. The summed E-state index contributed by atoms with van der Waals surface area (Å²) in [5, 5.41) is 4.75. The van der Waals surface area contributed by atoms with Gasteiger partial charge in [0.15, 0.2) is 5.82 Å². The average molecular weight is 316 g/mol. The second-order valence-corrected chi connectivity index (χ2v) is 6.65. The molecule has 0 N–H and O–H groups in total. The number of fused-ring (bicyclic) bond motifs is 1. The highest BCUT2D eigenvalue weighted by molar-refractivity contribution is 5.47. The highest BCUT2D eigenvalue weighted by Crippen LogP contribution is 2.19. The lowest BCUT2D eigenvalue weighted by Gasteiger charge is -2.29. The fraction of sp³-hybridized carbons (Fsp3) is 0.706. The van der Waals surface area contributed by atoms with E-state index in [1.165, 1.54) is 12.8 Å². The zero-order valence-electron chi connectivity index (χ0n) is 14.8. The Labute approximate surface area is 138 Å². The van der Waals surface area contributed by atoms with Crippen molar-refractivity contribution >= 4 is 11.6 Å². The van der Waals surface area contributed by atoms with Crippen molar-refractivity contribution < 1.29 is 0 Å². The van der Waals surface area contributed by atoms with Crippen LogP contribution in [0.3, 0.4) is 0 Å². The molecule has 3 heterocycles. The van der Waals surface area contributed by atoms with Crippen molar-refractivity contribution in [3.63, 3.8) is 0 Å². The molecule has 6 heteroatoms. The largest absolute Gasteiger partial charge is 0.357 e. The minimum absolute atomic E-state index is 0.715. The van der Waals surface area contributed by atoms with Gasteiger partial charge in [0.2, 0.25) is 0 Å². The molecule has 1 unspecified atom stereocenters. The van der Waals surface area contributed by atoms with Gasteiger partial charge < -0.3 is 4.90 Å². The molecule has 2 aromatic heterocycles. The van der Waals surface area contributed by atoms with Crippen molar-refractivity contribution in [3.8, 4) is 0 Å². The SMILES string of the molecule is CCN(CC)c1cc(C)nc2nc(CN3CCCC(C)C3)nn12. The van der Waals surface area contributed by atoms with E-state index >= 15 is 0 Å². The zero-order chi connectivity index (χ0) is 16.4. The van der Waals surface area contributed by atoms with Crippen LogP contribution in [-0.2, 0) is 6.54 Å². The predicted octanol–water partition coefficient (Wildman–Crippen LogP) is 2.51. The molecule has 126 valence electrons. The summed E-state index contributed by atoms with van der Waals surface area (Å²) in [6.45, 7) is 13.7. The summed E-state index contributed by atoms with van der Waals surface area (Å²) in [7, 11) is 0. The highest BCUT2D eigenvalue weighted by atomic mass is 15.4. The van der Waals surface area contributed by atoms with E-state index in [9.17, 15) is 0 Å². The Hall–Kier alpha value is -1.69. The molecule has 1 fully saturated rings. The van der Waals surface area contributed by atoms with Crippen LogP contribution < -0.4 is 4.90 Å². The molecule has 0 aliphatic carbocycles. The van der Waals surface area contributed by atoms with Crippen molar-refractivity contribution in [2.24, 2.45) is 5.92 Å². The van der Waals surface area contributed by atoms with Crippen LogP contribution in [0.2, 0.25) is 0 Å². The monoisotopic (exact) mass is 316 g/mol. The molecule has 1 aliphatic rings. The fourth-order valence-corrected chi connectivity index (χ4v) is 3.48. The molecular weight excluding hydrogens is 288 g/mol. The van der Waals surface area contributed by atoms with Gasteiger partial charge in [-0.15, -0.1) is 5.10 Å². The van der Waals surface area contributed by atoms with Gasteiger partial charge in [0, 0.05) is 31.4 Å². The Morgan fingerprint density at radius 2 is 2.04 bits per heavy atom. The van der Waals surface area contributed by atoms with Crippen molar-refractivity contribution in [3.05, 3.63) is 17.6 Å². The maximum Gasteiger partial charge on any atom is 0.254 e. The molecule has 23 heavy (non-hydrogen) atoms. The van der Waals surface area contributed by atoms with E-state index in [4.69, 9.17) is 5.10 Å². The van der Waals surface area contributed by atoms with E-state index in [0.29, 0.717) is 5.78 Å². The Bertz CT molecular complexity index is 660. The molecule has 0 amide bonds. The topological polar surface area (TPSA) is 49.6 Å². The molecule has 2 aromatic rings. The first-order chi connectivity index (χ1) is 11.1. The third kappa shape index (κ3) is 3.47. The van der Waals surface area contributed by atoms with E-state index in [0.717, 1.165) is 56.0 Å². The molecule has 6 nitrogen and oxygen atoms in total. The number of nitrogens with zero attached hydrogens (tertiary/aromatic N) is 6. The number of aromatic nitrogens is 4. The summed E-state index contributed by atoms with van der Waals surface area (Å²) in [4.78, 5) is 14.0. The van der Waals surface area contributed by atoms with Crippen LogP contribution in [0.5, 0.6) is 0 Å². The Balaban J connectivity index is 1.90. The lowest BCUT2D eigenvalue weighted by molar-refractivity contribution is 0.173. The van der Waals surface area contributed by atoms with Crippen LogP contribution in [0.15, 0.2) is 6.07 Å². The molecular formula is C17H28N6. The Morgan fingerprint density at radius 1 is 1.26 bits per heavy atom. The first kappa shape index (κ1) is 16.2. The van der Waals surface area contributed by atoms with Gasteiger partial charge in [-0.3, -0.25) is 4.90 Å². The number of hydrogen-bond acceptors (Lipinski definition) is 5. The minimum Gasteiger partial charge on any atom is -0.357 e. The summed E-state index contributed by atoms with van der Waals surface area (Å²) in [6.07, 6.45) is 2.61. The quantitative estimate of drug-likeness (QED) is 0.848. The maximum absolute atomic E-state index is 4.75. The Kier molecular flexibility index (Phi) is 4.80. The molecule has 0 radical (unpaired) electrons. The molecule has 1 aliphatic heterocycles. The van der Waals surface area contributed by atoms with E-state index in [1.54, 1.807) is 0 Å². The van der Waals surface area contributed by atoms with Crippen molar-refractivity contribution in [2.75, 3.05) is 31.1 Å². The lowest BCUT2D eigenvalue weighted by Crippen LogP contribution is -2.34. The predicted molar refractivity (Wildman–Crippen MR) is 92.8 cm³/mol. The van der Waals surface area contributed by atoms with Gasteiger partial charge >= 0.3 is 0 Å². The summed E-state index contributed by atoms with van der Waals surface area (Å²) >= 11 is 0. The second-order valence-electron chi connectivity index (χ2n) is 6.65. The van der Waals surface area contributed by atoms with Gasteiger partial charge in [0.25, 0.3) is 5.78 Å². The fourth-order valence-electron chi connectivity index (χ4n) is 3.48. The third-order valence-corrected chi connectivity index (χ3v) is 4.66. The van der Waals surface area contributed by atoms with Crippen molar-refractivity contribution in [1.29, 1.82) is 0 Å². The summed E-state index contributed by atoms with van der Waals surface area (Å²) in [6, 6.07) is 2.10. The molecule has 0 saturated carbocycles. The standard InChI is InChI=1S/C17H28N6/c1-5-22(6-2)16-10-14(4)18-17-19-15(20-23(16)17)12-21-9-7-8-13(3)11-21/h10,13H,5-9,11-12H2,1-4H3. The summed E-state index contributed by atoms with van der Waals surface area (Å²) in [5.74, 6) is 3.45. The van der Waals surface area contributed by atoms with Gasteiger partial charge in [-0.2, -0.15) is 9.50 Å². The number of likely N-dealkylation sites (tertiary alicyclic amines) is 1. The van der Waals surface area contributed by atoms with Gasteiger partial charge in [0.1, 0.15) is 5.82 Å². The van der Waals surface area contributed by atoms with E-state index in [2.05, 4.69) is 46.6 Å². The van der Waals surface area contributed by atoms with Crippen LogP contribution in [-0.4, -0.2) is 50.7 Å². The average Bonchev–Trinajstić information content (AvgIpc) is 2.90. The number of rotatable bonds is 5. The van der Waals surface area contributed by atoms with Gasteiger partial charge in [-0.1, -0.05) is 6.92 Å². The van der Waals surface area contributed by atoms with Crippen molar-refractivity contribution in [2.45, 2.75) is 47.1 Å². The smallest absolute Gasteiger partial charge is 0.254 e. The molecule has 0 spiro atoms. The first-order valence-electron chi connectivity index (χ1n) is 8.81. The molecule has 0 bridgehead atoms. The second kappa shape index (κ2) is 6.83. The van der Waals surface area contributed by atoms with Crippen LogP contribution in [0.25, 0.3) is 5.78 Å². The third-order valence-electron chi connectivity index (χ3n) is 4.66. The highest BCUT2D eigenvalue weighted by Gasteiger charge is 2.19. The van der Waals surface area contributed by atoms with Crippen molar-refractivity contribution in [1.82, 2.24) is 24.5 Å². The van der Waals surface area contributed by atoms with Crippen LogP contribution in [0.4, 0.5) is 5.82 Å². The normalized spacial score (nSPS) is 19.4. The van der Waals surface area contributed by atoms with Crippen LogP contribution in [0.1, 0.15) is 45.1 Å².